The molecule has 1 amide bonds. The molecule has 2 unspecified atom stereocenters. The summed E-state index contributed by atoms with van der Waals surface area (Å²) in [7, 11) is 0. The van der Waals surface area contributed by atoms with Crippen LogP contribution in [-0.2, 0) is 4.79 Å². The van der Waals surface area contributed by atoms with E-state index in [1.165, 1.54) is 12.8 Å². The molecule has 0 aromatic heterocycles. The van der Waals surface area contributed by atoms with E-state index in [1.54, 1.807) is 0 Å². The molecule has 0 heterocycles. The highest BCUT2D eigenvalue weighted by Crippen LogP contribution is 2.35. The summed E-state index contributed by atoms with van der Waals surface area (Å²) in [5.41, 5.74) is 5.85. The van der Waals surface area contributed by atoms with Crippen molar-refractivity contribution < 1.29 is 4.79 Å². The third-order valence-corrected chi connectivity index (χ3v) is 3.35. The zero-order valence-corrected chi connectivity index (χ0v) is 10.2. The first-order valence-electron chi connectivity index (χ1n) is 5.95. The van der Waals surface area contributed by atoms with Crippen LogP contribution in [0.5, 0.6) is 0 Å². The number of hydrogen-bond acceptors (Lipinski definition) is 2. The van der Waals surface area contributed by atoms with Crippen molar-refractivity contribution in [2.45, 2.75) is 52.5 Å². The van der Waals surface area contributed by atoms with E-state index in [0.717, 1.165) is 12.8 Å². The van der Waals surface area contributed by atoms with Crippen LogP contribution in [-0.4, -0.2) is 18.5 Å². The van der Waals surface area contributed by atoms with Crippen LogP contribution in [0.15, 0.2) is 0 Å². The Balaban J connectivity index is 2.41. The summed E-state index contributed by atoms with van der Waals surface area (Å²) in [6.07, 6.45) is 4.70. The molecule has 3 heteroatoms. The Bertz CT molecular complexity index is 226. The van der Waals surface area contributed by atoms with Gasteiger partial charge in [-0.15, -0.1) is 0 Å². The lowest BCUT2D eigenvalue weighted by atomic mass is 9.75. The normalized spacial score (nSPS) is 27.1. The third kappa shape index (κ3) is 3.82. The first kappa shape index (κ1) is 12.5. The quantitative estimate of drug-likeness (QED) is 0.747. The predicted octanol–water partition coefficient (Wildman–Crippen LogP) is 1.67. The number of nitrogens with one attached hydrogen (secondary N) is 1. The predicted molar refractivity (Wildman–Crippen MR) is 62.4 cm³/mol. The van der Waals surface area contributed by atoms with E-state index in [1.807, 2.05) is 6.92 Å². The minimum atomic E-state index is -0.0601. The van der Waals surface area contributed by atoms with Crippen LogP contribution in [0.25, 0.3) is 0 Å². The summed E-state index contributed by atoms with van der Waals surface area (Å²) in [6.45, 7) is 6.86. The van der Waals surface area contributed by atoms with Gasteiger partial charge in [0, 0.05) is 18.5 Å². The second-order valence-electron chi connectivity index (χ2n) is 5.60. The van der Waals surface area contributed by atoms with Gasteiger partial charge in [-0.2, -0.15) is 0 Å². The molecule has 2 atom stereocenters. The summed E-state index contributed by atoms with van der Waals surface area (Å²) in [5.74, 6) is 0.0511. The van der Waals surface area contributed by atoms with Gasteiger partial charge in [-0.3, -0.25) is 4.79 Å². The number of carbonyl (C=O) groups is 1. The minimum absolute atomic E-state index is 0.0601. The van der Waals surface area contributed by atoms with E-state index in [4.69, 9.17) is 5.73 Å². The van der Waals surface area contributed by atoms with Crippen LogP contribution in [0, 0.1) is 11.3 Å². The Morgan fingerprint density at radius 1 is 1.60 bits per heavy atom. The molecule has 15 heavy (non-hydrogen) atoms. The lowest BCUT2D eigenvalue weighted by Crippen LogP contribution is -2.44. The van der Waals surface area contributed by atoms with Crippen LogP contribution < -0.4 is 11.1 Å². The van der Waals surface area contributed by atoms with Crippen LogP contribution in [0.2, 0.25) is 0 Å². The summed E-state index contributed by atoms with van der Waals surface area (Å²) in [5, 5.41) is 3.11. The Labute approximate surface area is 92.8 Å². The van der Waals surface area contributed by atoms with Crippen molar-refractivity contribution in [2.24, 2.45) is 17.1 Å². The second kappa shape index (κ2) is 4.97. The van der Waals surface area contributed by atoms with Gasteiger partial charge in [0.2, 0.25) is 5.91 Å². The third-order valence-electron chi connectivity index (χ3n) is 3.35. The molecule has 0 aromatic rings. The Kier molecular flexibility index (Phi) is 4.14. The summed E-state index contributed by atoms with van der Waals surface area (Å²) >= 11 is 0. The number of hydrogen-bond donors (Lipinski definition) is 2. The molecule has 1 fully saturated rings. The molecule has 0 saturated heterocycles. The van der Waals surface area contributed by atoms with Crippen molar-refractivity contribution in [1.29, 1.82) is 0 Å². The van der Waals surface area contributed by atoms with Gasteiger partial charge < -0.3 is 11.1 Å². The van der Waals surface area contributed by atoms with E-state index >= 15 is 0 Å². The van der Waals surface area contributed by atoms with Crippen LogP contribution >= 0.6 is 0 Å². The molecular formula is C12H24N2O. The standard InChI is InChI=1S/C12H24N2O/c1-9(8-13)11(15)14-10-5-4-6-12(2,3)7-10/h9-10H,4-8,13H2,1-3H3,(H,14,15). The molecule has 1 saturated carbocycles. The lowest BCUT2D eigenvalue weighted by molar-refractivity contribution is -0.125. The number of carbonyl (C=O) groups excluding carboxylic acids is 1. The Morgan fingerprint density at radius 3 is 2.80 bits per heavy atom. The largest absolute Gasteiger partial charge is 0.353 e. The molecule has 0 spiro atoms. The number of nitrogens with two attached hydrogens (primary N) is 1. The summed E-state index contributed by atoms with van der Waals surface area (Å²) in [6, 6.07) is 0.357. The van der Waals surface area contributed by atoms with E-state index in [-0.39, 0.29) is 11.8 Å². The highest BCUT2D eigenvalue weighted by Gasteiger charge is 2.29. The maximum absolute atomic E-state index is 11.7. The maximum Gasteiger partial charge on any atom is 0.224 e. The molecule has 0 bridgehead atoms. The van der Waals surface area contributed by atoms with Gasteiger partial charge in [0.25, 0.3) is 0 Å². The molecule has 3 N–H and O–H groups in total. The Hall–Kier alpha value is -0.570. The molecular weight excluding hydrogens is 188 g/mol. The molecule has 1 rings (SSSR count). The van der Waals surface area contributed by atoms with Crippen molar-refractivity contribution in [2.75, 3.05) is 6.54 Å². The maximum atomic E-state index is 11.7. The van der Waals surface area contributed by atoms with Gasteiger partial charge in [0.1, 0.15) is 0 Å². The second-order valence-corrected chi connectivity index (χ2v) is 5.60. The van der Waals surface area contributed by atoms with Crippen LogP contribution in [0.1, 0.15) is 46.5 Å². The number of rotatable bonds is 3. The van der Waals surface area contributed by atoms with Gasteiger partial charge in [0.15, 0.2) is 0 Å². The summed E-state index contributed by atoms with van der Waals surface area (Å²) in [4.78, 5) is 11.7. The smallest absolute Gasteiger partial charge is 0.224 e. The zero-order valence-electron chi connectivity index (χ0n) is 10.2. The summed E-state index contributed by atoms with van der Waals surface area (Å²) < 4.78 is 0. The molecule has 0 radical (unpaired) electrons. The molecule has 1 aliphatic carbocycles. The highest BCUT2D eigenvalue weighted by atomic mass is 16.1. The van der Waals surface area contributed by atoms with Crippen LogP contribution in [0.4, 0.5) is 0 Å². The van der Waals surface area contributed by atoms with Gasteiger partial charge in [-0.25, -0.2) is 0 Å². The number of amides is 1. The Morgan fingerprint density at radius 2 is 2.27 bits per heavy atom. The van der Waals surface area contributed by atoms with Crippen LogP contribution in [0.3, 0.4) is 0 Å². The molecule has 88 valence electrons. The monoisotopic (exact) mass is 212 g/mol. The molecule has 0 aromatic carbocycles. The van der Waals surface area contributed by atoms with E-state index in [2.05, 4.69) is 19.2 Å². The molecule has 1 aliphatic rings. The van der Waals surface area contributed by atoms with Gasteiger partial charge in [-0.1, -0.05) is 27.2 Å². The highest BCUT2D eigenvalue weighted by molar-refractivity contribution is 5.78. The first-order chi connectivity index (χ1) is 6.94. The average Bonchev–Trinajstić information content (AvgIpc) is 2.14. The topological polar surface area (TPSA) is 55.1 Å². The van der Waals surface area contributed by atoms with E-state index in [0.29, 0.717) is 18.0 Å². The lowest BCUT2D eigenvalue weighted by Gasteiger charge is -2.35. The molecule has 3 nitrogen and oxygen atoms in total. The van der Waals surface area contributed by atoms with Crippen molar-refractivity contribution in [1.82, 2.24) is 5.32 Å². The minimum Gasteiger partial charge on any atom is -0.353 e. The fourth-order valence-electron chi connectivity index (χ4n) is 2.27. The fourth-order valence-corrected chi connectivity index (χ4v) is 2.27. The fraction of sp³-hybridized carbons (Fsp3) is 0.917. The van der Waals surface area contributed by atoms with Crippen molar-refractivity contribution in [3.8, 4) is 0 Å². The van der Waals surface area contributed by atoms with E-state index in [9.17, 15) is 4.79 Å². The SMILES string of the molecule is CC(CN)C(=O)NC1CCCC(C)(C)C1. The van der Waals surface area contributed by atoms with E-state index < -0.39 is 0 Å². The van der Waals surface area contributed by atoms with Crippen molar-refractivity contribution >= 4 is 5.91 Å². The van der Waals surface area contributed by atoms with Crippen molar-refractivity contribution in [3.05, 3.63) is 0 Å². The van der Waals surface area contributed by atoms with Gasteiger partial charge in [0.05, 0.1) is 0 Å². The molecule has 0 aliphatic heterocycles. The first-order valence-corrected chi connectivity index (χ1v) is 5.95. The van der Waals surface area contributed by atoms with Gasteiger partial charge in [-0.05, 0) is 24.7 Å². The zero-order chi connectivity index (χ0) is 11.5. The average molecular weight is 212 g/mol. The van der Waals surface area contributed by atoms with Gasteiger partial charge >= 0.3 is 0 Å². The van der Waals surface area contributed by atoms with Crippen molar-refractivity contribution in [3.63, 3.8) is 0 Å².